The number of aromatic nitrogens is 2. The van der Waals surface area contributed by atoms with E-state index in [1.165, 1.54) is 0 Å². The average molecular weight is 1350 g/mol. The summed E-state index contributed by atoms with van der Waals surface area (Å²) in [5, 5.41) is 44.5. The van der Waals surface area contributed by atoms with Gasteiger partial charge in [-0.05, 0) is 180 Å². The van der Waals surface area contributed by atoms with E-state index in [1.807, 2.05) is 114 Å². The summed E-state index contributed by atoms with van der Waals surface area (Å²) in [6.45, 7) is 15.2. The van der Waals surface area contributed by atoms with E-state index < -0.39 is 77.7 Å². The van der Waals surface area contributed by atoms with E-state index in [9.17, 15) is 39.6 Å². The van der Waals surface area contributed by atoms with Crippen LogP contribution in [0.2, 0.25) is 0 Å². The number of nitrogen functional groups attached to an aromatic ring is 2. The minimum Gasteiger partial charge on any atom is -0.399 e. The quantitative estimate of drug-likeness (QED) is 0.0638. The minimum atomic E-state index is -1.36. The SMILES string of the molecule is CC1(C)OB(c2ccnc(N)c2)OC1(C)C.C[C@]12C=CC(=O)C=C1CC[C@@H]1[C@@H]2[C@@H](O)C[C@@]2(C)[C@H]1C[C@H]1O[C@@H](c3ccc(CBr)cc3)O[C@]12C(=O)CO.C[C@]12C=CC(=O)C=C1CC[C@@H]1[C@@H]2[C@@H](O)C[C@@]2(C)[C@H]1C[C@H]1O[C@@H](c3ccc(Cc4ccnc(N)c4)cc3)O[C@]12C(=O)CO. The highest BCUT2D eigenvalue weighted by atomic mass is 79.9. The number of aliphatic hydroxyl groups is 4. The lowest BCUT2D eigenvalue weighted by Crippen LogP contribution is -2.63. The Balaban J connectivity index is 0.000000140. The molecule has 498 valence electrons. The van der Waals surface area contributed by atoms with E-state index in [4.69, 9.17) is 39.7 Å². The second-order valence-corrected chi connectivity index (χ2v) is 30.7. The number of halogens is 1. The maximum atomic E-state index is 13.7. The molecule has 15 rings (SSSR count). The van der Waals surface area contributed by atoms with E-state index in [-0.39, 0.29) is 82.4 Å². The number of hydrogen-bond donors (Lipinski definition) is 6. The molecule has 11 aliphatic rings. The highest BCUT2D eigenvalue weighted by Gasteiger charge is 2.78. The van der Waals surface area contributed by atoms with Gasteiger partial charge in [-0.2, -0.15) is 0 Å². The van der Waals surface area contributed by atoms with Crippen LogP contribution in [-0.4, -0.2) is 121 Å². The number of nitrogens with zero attached hydrogens (tertiary/aromatic N) is 2. The van der Waals surface area contributed by atoms with Crippen LogP contribution >= 0.6 is 15.9 Å². The van der Waals surface area contributed by atoms with Crippen molar-refractivity contribution in [1.82, 2.24) is 9.97 Å². The Labute approximate surface area is 558 Å². The molecule has 4 aromatic rings. The molecular formula is C74H88BBrN4O14. The van der Waals surface area contributed by atoms with Gasteiger partial charge in [-0.1, -0.05) is 115 Å². The highest BCUT2D eigenvalue weighted by molar-refractivity contribution is 9.08. The number of ketones is 4. The first-order chi connectivity index (χ1) is 44.6. The maximum absolute atomic E-state index is 13.7. The van der Waals surface area contributed by atoms with Gasteiger partial charge in [0.15, 0.2) is 46.9 Å². The number of Topliss-reactive ketones (excluding diaryl/α,β-unsaturated/α-hetero) is 2. The first-order valence-electron chi connectivity index (χ1n) is 33.3. The van der Waals surface area contributed by atoms with E-state index in [0.29, 0.717) is 43.7 Å². The molecule has 3 aliphatic heterocycles. The number of ether oxygens (including phenoxy) is 4. The molecule has 2 aromatic heterocycles. The summed E-state index contributed by atoms with van der Waals surface area (Å²) in [6, 6.07) is 23.3. The van der Waals surface area contributed by atoms with Gasteiger partial charge in [0, 0.05) is 62.3 Å². The number of carbonyl (C=O) groups excluding carboxylic acids is 4. The van der Waals surface area contributed by atoms with Crippen LogP contribution in [0, 0.1) is 57.2 Å². The van der Waals surface area contributed by atoms with Crippen molar-refractivity contribution >= 4 is 63.3 Å². The average Bonchev–Trinajstić information content (AvgIpc) is 1.49. The lowest BCUT2D eigenvalue weighted by atomic mass is 9.46. The van der Waals surface area contributed by atoms with Crippen LogP contribution < -0.4 is 16.9 Å². The lowest BCUT2D eigenvalue weighted by Gasteiger charge is -2.59. The summed E-state index contributed by atoms with van der Waals surface area (Å²) in [4.78, 5) is 59.5. The Kier molecular flexibility index (Phi) is 17.2. The molecular weight excluding hydrogens is 1260 g/mol. The Hall–Kier alpha value is -5.88. The fraction of sp³-hybridized carbons (Fsp3) is 0.541. The van der Waals surface area contributed by atoms with Gasteiger partial charge >= 0.3 is 7.12 Å². The van der Waals surface area contributed by atoms with Crippen LogP contribution in [0.4, 0.5) is 11.6 Å². The molecule has 5 heterocycles. The van der Waals surface area contributed by atoms with Crippen LogP contribution in [0.25, 0.3) is 0 Å². The monoisotopic (exact) mass is 1350 g/mol. The van der Waals surface area contributed by atoms with Crippen LogP contribution in [0.3, 0.4) is 0 Å². The van der Waals surface area contributed by atoms with Crippen LogP contribution in [0.15, 0.2) is 133 Å². The van der Waals surface area contributed by atoms with Crippen molar-refractivity contribution in [1.29, 1.82) is 0 Å². The van der Waals surface area contributed by atoms with Crippen molar-refractivity contribution in [2.24, 2.45) is 57.2 Å². The molecule has 6 saturated carbocycles. The first-order valence-corrected chi connectivity index (χ1v) is 34.4. The largest absolute Gasteiger partial charge is 0.495 e. The highest BCUT2D eigenvalue weighted by Crippen LogP contribution is 2.72. The van der Waals surface area contributed by atoms with Crippen LogP contribution in [0.1, 0.15) is 147 Å². The van der Waals surface area contributed by atoms with Gasteiger partial charge in [-0.25, -0.2) is 9.97 Å². The molecule has 0 unspecified atom stereocenters. The fourth-order valence-electron chi connectivity index (χ4n) is 19.7. The number of carbonyl (C=O) groups is 4. The predicted octanol–water partition coefficient (Wildman–Crippen LogP) is 9.00. The molecule has 0 spiro atoms. The summed E-state index contributed by atoms with van der Waals surface area (Å²) in [5.41, 5.74) is 14.0. The molecule has 8 aliphatic carbocycles. The second-order valence-electron chi connectivity index (χ2n) is 30.2. The third-order valence-corrected chi connectivity index (χ3v) is 25.5. The number of hydrogen-bond acceptors (Lipinski definition) is 18. The van der Waals surface area contributed by atoms with E-state index in [2.05, 4.69) is 46.7 Å². The second kappa shape index (κ2) is 24.3. The Morgan fingerprint density at radius 1 is 0.606 bits per heavy atom. The molecule has 18 nitrogen and oxygen atoms in total. The van der Waals surface area contributed by atoms with Crippen molar-refractivity contribution in [2.45, 2.75) is 178 Å². The summed E-state index contributed by atoms with van der Waals surface area (Å²) < 4.78 is 38.1. The number of pyridine rings is 2. The van der Waals surface area contributed by atoms with E-state index >= 15 is 0 Å². The first kappa shape index (κ1) is 66.7. The van der Waals surface area contributed by atoms with Crippen molar-refractivity contribution in [2.75, 3.05) is 24.7 Å². The molecule has 0 bridgehead atoms. The van der Waals surface area contributed by atoms with Crippen molar-refractivity contribution in [3.05, 3.63) is 161 Å². The predicted molar refractivity (Wildman–Crippen MR) is 355 cm³/mol. The van der Waals surface area contributed by atoms with Gasteiger partial charge < -0.3 is 60.1 Å². The van der Waals surface area contributed by atoms with Crippen molar-refractivity contribution < 1.29 is 67.9 Å². The van der Waals surface area contributed by atoms with Crippen molar-refractivity contribution in [3.8, 4) is 0 Å². The number of allylic oxidation sites excluding steroid dienone is 8. The number of fused-ring (bicyclic) bond motifs is 14. The third-order valence-electron chi connectivity index (χ3n) is 24.8. The smallest absolute Gasteiger partial charge is 0.399 e. The number of nitrogens with two attached hydrogens (primary N) is 2. The zero-order chi connectivity index (χ0) is 66.9. The normalized spacial score (nSPS) is 38.9. The number of rotatable bonds is 10. The van der Waals surface area contributed by atoms with E-state index in [1.54, 1.807) is 42.8 Å². The Morgan fingerprint density at radius 3 is 1.47 bits per heavy atom. The number of anilines is 2. The summed E-state index contributed by atoms with van der Waals surface area (Å²) in [5.74, 6) is 0.530. The third kappa shape index (κ3) is 10.6. The molecule has 0 radical (unpaired) electrons. The number of benzene rings is 2. The van der Waals surface area contributed by atoms with Gasteiger partial charge in [0.1, 0.15) is 24.8 Å². The molecule has 94 heavy (non-hydrogen) atoms. The molecule has 20 heteroatoms. The molecule has 8 N–H and O–H groups in total. The molecule has 9 fully saturated rings. The minimum absolute atomic E-state index is 0.00175. The van der Waals surface area contributed by atoms with Gasteiger partial charge in [0.25, 0.3) is 0 Å². The Morgan fingerprint density at radius 2 is 1.04 bits per heavy atom. The standard InChI is InChI=1S/C34H38N2O6.C29H33BrO6.C11H17BN2O2/c1-32-11-9-23(38)15-22(32)7-8-24-25-16-28-34(27(40)18-37,33(25,2)17-26(39)30(24)32)42-31(41-28)21-5-3-19(4-6-21)13-20-10-12-36-29(35)14-20;1-27-10-9-19(32)11-18(27)7-8-20-21-12-24-29(23(34)15-31,28(21,2)13-22(33)25(20)27)36-26(35-24)17-5-3-16(14-30)4-6-17;1-10(2)11(3,4)16-12(15-10)8-5-6-14-9(13)7-8/h3-6,9-12,14-15,24-26,28,30-31,37,39H,7-8,13,16-18H2,1-2H3,(H2,35,36);3-6,9-11,20-22,24-26,31,33H,7-8,12-15H2,1-2H3;5-7H,1-4H3,(H2,13,14)/t24-,25-,26-,28+,30+,31+,32-,33-,34+;20-,21-,22-,24+,25+,26+,27-,28-,29+;/m00./s1. The zero-order valence-electron chi connectivity index (χ0n) is 54.8. The zero-order valence-corrected chi connectivity index (χ0v) is 56.4. The van der Waals surface area contributed by atoms with Gasteiger partial charge in [0.05, 0.1) is 35.6 Å². The van der Waals surface area contributed by atoms with Crippen molar-refractivity contribution in [3.63, 3.8) is 0 Å². The summed E-state index contributed by atoms with van der Waals surface area (Å²) >= 11 is 3.47. The number of alkyl halides is 1. The van der Waals surface area contributed by atoms with Crippen LogP contribution in [-0.2, 0) is 59.2 Å². The lowest BCUT2D eigenvalue weighted by molar-refractivity contribution is -0.201. The van der Waals surface area contributed by atoms with E-state index in [0.717, 1.165) is 75.4 Å². The Bertz CT molecular complexity index is 3770. The molecule has 2 aromatic carbocycles. The van der Waals surface area contributed by atoms with Gasteiger partial charge in [-0.3, -0.25) is 19.2 Å². The van der Waals surface area contributed by atoms with Crippen LogP contribution in [0.5, 0.6) is 0 Å². The maximum Gasteiger partial charge on any atom is 0.495 e. The molecule has 3 saturated heterocycles. The molecule has 0 amide bonds. The number of aliphatic hydroxyl groups excluding tert-OH is 4. The van der Waals surface area contributed by atoms with Gasteiger partial charge in [-0.15, -0.1) is 0 Å². The topological polar surface area (TPSA) is 282 Å². The van der Waals surface area contributed by atoms with Gasteiger partial charge in [0.2, 0.25) is 0 Å². The fourth-order valence-corrected chi connectivity index (χ4v) is 20.0. The molecule has 18 atom stereocenters. The summed E-state index contributed by atoms with van der Waals surface area (Å²) in [7, 11) is -0.365. The summed E-state index contributed by atoms with van der Waals surface area (Å²) in [6.07, 6.45) is 16.2.